The van der Waals surface area contributed by atoms with Gasteiger partial charge in [-0.2, -0.15) is 4.98 Å². The molecule has 8 nitrogen and oxygen atoms in total. The molecule has 1 aliphatic heterocycles. The lowest BCUT2D eigenvalue weighted by Crippen LogP contribution is -2.39. The molecule has 1 saturated heterocycles. The van der Waals surface area contributed by atoms with Crippen molar-refractivity contribution < 1.29 is 23.0 Å². The Labute approximate surface area is 183 Å². The first-order valence-electron chi connectivity index (χ1n) is 10.0. The molecular weight excluding hydrogens is 422 g/mol. The summed E-state index contributed by atoms with van der Waals surface area (Å²) >= 11 is 0. The van der Waals surface area contributed by atoms with Crippen molar-refractivity contribution >= 4 is 5.82 Å². The van der Waals surface area contributed by atoms with E-state index in [0.29, 0.717) is 32.1 Å². The molecule has 0 atom stereocenters. The fourth-order valence-corrected chi connectivity index (χ4v) is 3.26. The highest BCUT2D eigenvalue weighted by atomic mass is 19.1. The van der Waals surface area contributed by atoms with E-state index in [1.54, 1.807) is 32.2 Å². The van der Waals surface area contributed by atoms with Crippen LogP contribution in [0.15, 0.2) is 41.3 Å². The number of morpholine rings is 1. The molecule has 0 amide bonds. The highest BCUT2D eigenvalue weighted by molar-refractivity contribution is 5.42. The van der Waals surface area contributed by atoms with Crippen molar-refractivity contribution in [2.24, 2.45) is 7.05 Å². The summed E-state index contributed by atoms with van der Waals surface area (Å²) in [5.74, 6) is -1.36. The Kier molecular flexibility index (Phi) is 6.31. The average Bonchev–Trinajstić information content (AvgIpc) is 2.79. The van der Waals surface area contributed by atoms with E-state index < -0.39 is 23.1 Å². The number of hydrogen-bond acceptors (Lipinski definition) is 7. The number of nitrogens with zero attached hydrogens (tertiary/aromatic N) is 4. The SMILES string of the molecule is Cc1ccc(Oc2c(F)cc(COc3cc(N4CCOCC4)n(C)c(=O)n3)cc2F)cn1. The van der Waals surface area contributed by atoms with E-state index in [0.717, 1.165) is 17.8 Å². The Hall–Kier alpha value is -3.53. The molecule has 4 rings (SSSR count). The zero-order valence-electron chi connectivity index (χ0n) is 17.7. The number of benzene rings is 1. The minimum Gasteiger partial charge on any atom is -0.473 e. The third-order valence-corrected chi connectivity index (χ3v) is 4.97. The Morgan fingerprint density at radius 2 is 1.84 bits per heavy atom. The molecule has 3 aromatic rings. The minimum atomic E-state index is -0.880. The molecule has 168 valence electrons. The Bertz CT molecular complexity index is 1140. The number of ether oxygens (including phenoxy) is 3. The van der Waals surface area contributed by atoms with Crippen molar-refractivity contribution in [1.82, 2.24) is 14.5 Å². The van der Waals surface area contributed by atoms with Crippen LogP contribution in [-0.2, 0) is 18.4 Å². The monoisotopic (exact) mass is 444 g/mol. The molecule has 0 saturated carbocycles. The highest BCUT2D eigenvalue weighted by Gasteiger charge is 2.18. The lowest BCUT2D eigenvalue weighted by molar-refractivity contribution is 0.122. The molecule has 1 aliphatic rings. The molecular formula is C22H22F2N4O4. The van der Waals surface area contributed by atoms with Gasteiger partial charge in [-0.05, 0) is 36.8 Å². The van der Waals surface area contributed by atoms with E-state index >= 15 is 0 Å². The van der Waals surface area contributed by atoms with E-state index in [2.05, 4.69) is 9.97 Å². The van der Waals surface area contributed by atoms with Crippen molar-refractivity contribution in [1.29, 1.82) is 0 Å². The first-order chi connectivity index (χ1) is 15.4. The fourth-order valence-electron chi connectivity index (χ4n) is 3.26. The van der Waals surface area contributed by atoms with Crippen LogP contribution in [0.4, 0.5) is 14.6 Å². The van der Waals surface area contributed by atoms with Gasteiger partial charge >= 0.3 is 5.69 Å². The van der Waals surface area contributed by atoms with Gasteiger partial charge in [0.05, 0.1) is 19.4 Å². The van der Waals surface area contributed by atoms with Crippen LogP contribution in [0.5, 0.6) is 17.4 Å². The van der Waals surface area contributed by atoms with Crippen molar-refractivity contribution in [3.63, 3.8) is 0 Å². The van der Waals surface area contributed by atoms with Crippen molar-refractivity contribution in [2.45, 2.75) is 13.5 Å². The molecule has 0 spiro atoms. The number of rotatable bonds is 6. The van der Waals surface area contributed by atoms with Crippen LogP contribution in [0, 0.1) is 18.6 Å². The van der Waals surface area contributed by atoms with Gasteiger partial charge in [-0.1, -0.05) is 0 Å². The van der Waals surface area contributed by atoms with Crippen LogP contribution >= 0.6 is 0 Å². The maximum absolute atomic E-state index is 14.5. The minimum absolute atomic E-state index is 0.0708. The molecule has 10 heteroatoms. The Balaban J connectivity index is 1.49. The van der Waals surface area contributed by atoms with Gasteiger partial charge in [-0.3, -0.25) is 9.55 Å². The van der Waals surface area contributed by atoms with Gasteiger partial charge in [-0.25, -0.2) is 13.6 Å². The lowest BCUT2D eigenvalue weighted by Gasteiger charge is -2.29. The molecule has 0 N–H and O–H groups in total. The Morgan fingerprint density at radius 3 is 2.50 bits per heavy atom. The van der Waals surface area contributed by atoms with Crippen molar-refractivity contribution in [2.75, 3.05) is 31.2 Å². The number of halogens is 2. The molecule has 32 heavy (non-hydrogen) atoms. The van der Waals surface area contributed by atoms with Crippen LogP contribution in [0.25, 0.3) is 0 Å². The maximum Gasteiger partial charge on any atom is 0.352 e. The second kappa shape index (κ2) is 9.31. The van der Waals surface area contributed by atoms with Crippen LogP contribution in [-0.4, -0.2) is 40.8 Å². The molecule has 1 aromatic carbocycles. The standard InChI is InChI=1S/C22H22F2N4O4/c1-14-3-4-16(12-25-14)32-21-17(23)9-15(10-18(21)24)13-31-19-11-20(27(2)22(29)26-19)28-5-7-30-8-6-28/h3-4,9-12H,5-8,13H2,1-2H3. The zero-order valence-corrected chi connectivity index (χ0v) is 17.7. The summed E-state index contributed by atoms with van der Waals surface area (Å²) in [5.41, 5.74) is 0.494. The first kappa shape index (κ1) is 21.7. The average molecular weight is 444 g/mol. The molecule has 2 aromatic heterocycles. The third-order valence-electron chi connectivity index (χ3n) is 4.97. The van der Waals surface area contributed by atoms with Crippen molar-refractivity contribution in [3.05, 3.63) is 69.9 Å². The van der Waals surface area contributed by atoms with Crippen LogP contribution in [0.3, 0.4) is 0 Å². The molecule has 0 bridgehead atoms. The summed E-state index contributed by atoms with van der Waals surface area (Å²) in [7, 11) is 1.62. The number of anilines is 1. The normalized spacial score (nSPS) is 13.8. The predicted molar refractivity (Wildman–Crippen MR) is 112 cm³/mol. The molecule has 0 radical (unpaired) electrons. The summed E-state index contributed by atoms with van der Waals surface area (Å²) in [6.07, 6.45) is 1.39. The van der Waals surface area contributed by atoms with Gasteiger partial charge in [-0.15, -0.1) is 0 Å². The second-order valence-corrected chi connectivity index (χ2v) is 7.31. The fraction of sp³-hybridized carbons (Fsp3) is 0.318. The van der Waals surface area contributed by atoms with Crippen LogP contribution in [0.2, 0.25) is 0 Å². The van der Waals surface area contributed by atoms with E-state index in [9.17, 15) is 13.6 Å². The summed E-state index contributed by atoms with van der Waals surface area (Å²) in [5, 5.41) is 0. The van der Waals surface area contributed by atoms with E-state index in [1.165, 1.54) is 10.8 Å². The summed E-state index contributed by atoms with van der Waals surface area (Å²) in [4.78, 5) is 22.1. The summed E-state index contributed by atoms with van der Waals surface area (Å²) in [6.45, 7) is 3.98. The van der Waals surface area contributed by atoms with Crippen LogP contribution < -0.4 is 20.1 Å². The largest absolute Gasteiger partial charge is 0.473 e. The number of aryl methyl sites for hydroxylation is 1. The smallest absolute Gasteiger partial charge is 0.352 e. The summed E-state index contributed by atoms with van der Waals surface area (Å²) in [6, 6.07) is 7.11. The van der Waals surface area contributed by atoms with Gasteiger partial charge in [0, 0.05) is 31.9 Å². The predicted octanol–water partition coefficient (Wildman–Crippen LogP) is 2.97. The second-order valence-electron chi connectivity index (χ2n) is 7.31. The van der Waals surface area contributed by atoms with E-state index in [-0.39, 0.29) is 23.8 Å². The lowest BCUT2D eigenvalue weighted by atomic mass is 10.2. The van der Waals surface area contributed by atoms with Gasteiger partial charge in [0.15, 0.2) is 17.4 Å². The van der Waals surface area contributed by atoms with E-state index in [1.807, 2.05) is 4.90 Å². The highest BCUT2D eigenvalue weighted by Crippen LogP contribution is 2.29. The number of aromatic nitrogens is 3. The van der Waals surface area contributed by atoms with E-state index in [4.69, 9.17) is 14.2 Å². The first-order valence-corrected chi connectivity index (χ1v) is 10.0. The van der Waals surface area contributed by atoms with Crippen molar-refractivity contribution in [3.8, 4) is 17.4 Å². The topological polar surface area (TPSA) is 78.7 Å². The van der Waals surface area contributed by atoms with Crippen LogP contribution in [0.1, 0.15) is 11.3 Å². The molecule has 1 fully saturated rings. The molecule has 0 aliphatic carbocycles. The quantitative estimate of drug-likeness (QED) is 0.578. The van der Waals surface area contributed by atoms with Gasteiger partial charge in [0.2, 0.25) is 5.88 Å². The third kappa shape index (κ3) is 4.86. The number of pyridine rings is 1. The molecule has 3 heterocycles. The Morgan fingerprint density at radius 1 is 1.12 bits per heavy atom. The molecule has 0 unspecified atom stereocenters. The zero-order chi connectivity index (χ0) is 22.7. The summed E-state index contributed by atoms with van der Waals surface area (Å²) < 4.78 is 46.6. The van der Waals surface area contributed by atoms with Gasteiger partial charge in [0.1, 0.15) is 18.2 Å². The van der Waals surface area contributed by atoms with Gasteiger partial charge < -0.3 is 19.1 Å². The number of hydrogen-bond donors (Lipinski definition) is 0. The maximum atomic E-state index is 14.5. The van der Waals surface area contributed by atoms with Gasteiger partial charge in [0.25, 0.3) is 0 Å².